The molecule has 0 aliphatic rings. The van der Waals surface area contributed by atoms with Crippen LogP contribution in [0.2, 0.25) is 0 Å². The number of nitrogen functional groups attached to an aromatic ring is 1. The highest BCUT2D eigenvalue weighted by Crippen LogP contribution is 2.18. The van der Waals surface area contributed by atoms with Crippen LogP contribution in [0, 0.1) is 5.82 Å². The maximum atomic E-state index is 13.0. The Kier molecular flexibility index (Phi) is 7.03. The number of nitrogens with two attached hydrogens (primary N) is 1. The molecule has 0 aliphatic heterocycles. The van der Waals surface area contributed by atoms with Gasteiger partial charge in [-0.25, -0.2) is 9.37 Å². The summed E-state index contributed by atoms with van der Waals surface area (Å²) in [5.74, 6) is -1.59. The normalized spacial score (nSPS) is 10.5. The summed E-state index contributed by atoms with van der Waals surface area (Å²) in [6, 6.07) is 12.3. The van der Waals surface area contributed by atoms with Crippen LogP contribution in [0.15, 0.2) is 58.5 Å². The van der Waals surface area contributed by atoms with E-state index >= 15 is 0 Å². The Morgan fingerprint density at radius 1 is 1.10 bits per heavy atom. The molecule has 2 aromatic carbocycles. The molecule has 5 N–H and O–H groups in total. The SMILES string of the molecule is CCc1ccc(NC(=O)CSc2nc(N)c(NC(=O)c3ccc(F)cc3)c(=O)[nH]2)cc1. The molecule has 0 bridgehead atoms. The van der Waals surface area contributed by atoms with E-state index in [4.69, 9.17) is 5.73 Å². The number of amides is 2. The van der Waals surface area contributed by atoms with Crippen molar-refractivity contribution < 1.29 is 14.0 Å². The number of aryl methyl sites for hydroxylation is 1. The number of hydrogen-bond acceptors (Lipinski definition) is 6. The van der Waals surface area contributed by atoms with Gasteiger partial charge in [0.1, 0.15) is 11.5 Å². The van der Waals surface area contributed by atoms with Gasteiger partial charge in [0.05, 0.1) is 5.75 Å². The quantitative estimate of drug-likeness (QED) is 0.329. The molecule has 3 rings (SSSR count). The number of aromatic amines is 1. The molecule has 0 saturated carbocycles. The Balaban J connectivity index is 1.61. The Labute approximate surface area is 181 Å². The summed E-state index contributed by atoms with van der Waals surface area (Å²) in [6.45, 7) is 2.04. The standard InChI is InChI=1S/C21H20FN5O3S/c1-2-12-3-9-15(10-4-12)24-16(28)11-31-21-26-18(23)17(20(30)27-21)25-19(29)13-5-7-14(22)8-6-13/h3-10H,2,11H2,1H3,(H,24,28)(H,25,29)(H3,23,26,27,30). The van der Waals surface area contributed by atoms with Gasteiger partial charge < -0.3 is 16.4 Å². The summed E-state index contributed by atoms with van der Waals surface area (Å²) in [5.41, 5.74) is 6.91. The van der Waals surface area contributed by atoms with E-state index in [1.807, 2.05) is 31.2 Å². The van der Waals surface area contributed by atoms with Crippen LogP contribution in [0.25, 0.3) is 0 Å². The molecule has 160 valence electrons. The summed E-state index contributed by atoms with van der Waals surface area (Å²) < 4.78 is 13.0. The molecule has 0 atom stereocenters. The summed E-state index contributed by atoms with van der Waals surface area (Å²) in [6.07, 6.45) is 0.908. The fourth-order valence-electron chi connectivity index (χ4n) is 2.60. The van der Waals surface area contributed by atoms with E-state index in [9.17, 15) is 18.8 Å². The second-order valence-electron chi connectivity index (χ2n) is 6.48. The smallest absolute Gasteiger partial charge is 0.277 e. The van der Waals surface area contributed by atoms with Gasteiger partial charge in [0.15, 0.2) is 11.0 Å². The van der Waals surface area contributed by atoms with Crippen molar-refractivity contribution in [1.29, 1.82) is 0 Å². The first-order valence-corrected chi connectivity index (χ1v) is 10.3. The average Bonchev–Trinajstić information content (AvgIpc) is 2.75. The van der Waals surface area contributed by atoms with Crippen LogP contribution in [0.4, 0.5) is 21.6 Å². The van der Waals surface area contributed by atoms with E-state index in [-0.39, 0.29) is 33.9 Å². The first kappa shape index (κ1) is 22.0. The Morgan fingerprint density at radius 2 is 1.77 bits per heavy atom. The first-order chi connectivity index (χ1) is 14.9. The van der Waals surface area contributed by atoms with Crippen molar-refractivity contribution >= 4 is 40.8 Å². The number of anilines is 3. The maximum Gasteiger partial charge on any atom is 0.277 e. The highest BCUT2D eigenvalue weighted by molar-refractivity contribution is 7.99. The van der Waals surface area contributed by atoms with Gasteiger partial charge in [0, 0.05) is 11.3 Å². The number of halogens is 1. The van der Waals surface area contributed by atoms with Crippen molar-refractivity contribution in [2.24, 2.45) is 0 Å². The molecule has 1 heterocycles. The Bertz CT molecular complexity index is 1150. The lowest BCUT2D eigenvalue weighted by molar-refractivity contribution is -0.113. The lowest BCUT2D eigenvalue weighted by Crippen LogP contribution is -2.23. The molecule has 0 unspecified atom stereocenters. The summed E-state index contributed by atoms with van der Waals surface area (Å²) >= 11 is 0.996. The average molecular weight is 441 g/mol. The van der Waals surface area contributed by atoms with E-state index in [1.54, 1.807) is 0 Å². The lowest BCUT2D eigenvalue weighted by atomic mass is 10.1. The zero-order chi connectivity index (χ0) is 22.4. The van der Waals surface area contributed by atoms with Crippen LogP contribution in [0.5, 0.6) is 0 Å². The van der Waals surface area contributed by atoms with Gasteiger partial charge in [-0.1, -0.05) is 30.8 Å². The molecular weight excluding hydrogens is 421 g/mol. The number of nitrogens with one attached hydrogen (secondary N) is 3. The van der Waals surface area contributed by atoms with Gasteiger partial charge in [0.25, 0.3) is 11.5 Å². The van der Waals surface area contributed by atoms with Gasteiger partial charge in [-0.15, -0.1) is 0 Å². The van der Waals surface area contributed by atoms with Crippen molar-refractivity contribution in [3.63, 3.8) is 0 Å². The summed E-state index contributed by atoms with van der Waals surface area (Å²) in [5, 5.41) is 5.26. The molecule has 0 spiro atoms. The van der Waals surface area contributed by atoms with Gasteiger partial charge in [0.2, 0.25) is 5.91 Å². The largest absolute Gasteiger partial charge is 0.382 e. The Hall–Kier alpha value is -3.66. The fourth-order valence-corrected chi connectivity index (χ4v) is 3.27. The molecule has 3 aromatic rings. The highest BCUT2D eigenvalue weighted by atomic mass is 32.2. The van der Waals surface area contributed by atoms with E-state index < -0.39 is 17.3 Å². The predicted octanol–water partition coefficient (Wildman–Crippen LogP) is 3.04. The van der Waals surface area contributed by atoms with Crippen LogP contribution in [0.3, 0.4) is 0 Å². The number of nitrogens with zero attached hydrogens (tertiary/aromatic N) is 1. The number of hydrogen-bond donors (Lipinski definition) is 4. The number of carbonyl (C=O) groups excluding carboxylic acids is 2. The third-order valence-corrected chi connectivity index (χ3v) is 5.13. The number of thioether (sulfide) groups is 1. The molecule has 10 heteroatoms. The number of benzene rings is 2. The van der Waals surface area contributed by atoms with Gasteiger partial charge in [-0.3, -0.25) is 19.4 Å². The van der Waals surface area contributed by atoms with Gasteiger partial charge in [-0.05, 0) is 48.4 Å². The van der Waals surface area contributed by atoms with Crippen LogP contribution in [0.1, 0.15) is 22.8 Å². The number of H-pyrrole nitrogens is 1. The second kappa shape index (κ2) is 9.90. The monoisotopic (exact) mass is 441 g/mol. The van der Waals surface area contributed by atoms with E-state index in [2.05, 4.69) is 20.6 Å². The van der Waals surface area contributed by atoms with Crippen molar-refractivity contribution in [2.75, 3.05) is 22.1 Å². The minimum absolute atomic E-state index is 0.000799. The first-order valence-electron chi connectivity index (χ1n) is 9.34. The molecule has 1 aromatic heterocycles. The summed E-state index contributed by atoms with van der Waals surface area (Å²) in [4.78, 5) is 43.2. The molecule has 0 radical (unpaired) electrons. The molecular formula is C21H20FN5O3S. The second-order valence-corrected chi connectivity index (χ2v) is 7.44. The minimum Gasteiger partial charge on any atom is -0.382 e. The third-order valence-electron chi connectivity index (χ3n) is 4.26. The van der Waals surface area contributed by atoms with Crippen molar-refractivity contribution in [1.82, 2.24) is 9.97 Å². The predicted molar refractivity (Wildman–Crippen MR) is 119 cm³/mol. The van der Waals surface area contributed by atoms with E-state index in [0.29, 0.717) is 5.69 Å². The molecule has 0 aliphatic carbocycles. The van der Waals surface area contributed by atoms with Crippen LogP contribution in [-0.2, 0) is 11.2 Å². The lowest BCUT2D eigenvalue weighted by Gasteiger charge is -2.09. The van der Waals surface area contributed by atoms with E-state index in [1.165, 1.54) is 12.1 Å². The fraction of sp³-hybridized carbons (Fsp3) is 0.143. The zero-order valence-electron chi connectivity index (χ0n) is 16.6. The van der Waals surface area contributed by atoms with Gasteiger partial charge >= 0.3 is 0 Å². The maximum absolute atomic E-state index is 13.0. The molecule has 0 fully saturated rings. The molecule has 8 nitrogen and oxygen atoms in total. The van der Waals surface area contributed by atoms with Crippen LogP contribution < -0.4 is 21.9 Å². The number of aromatic nitrogens is 2. The third kappa shape index (κ3) is 5.92. The molecule has 31 heavy (non-hydrogen) atoms. The van der Waals surface area contributed by atoms with Crippen molar-refractivity contribution in [2.45, 2.75) is 18.5 Å². The van der Waals surface area contributed by atoms with Crippen LogP contribution in [-0.4, -0.2) is 27.5 Å². The molecule has 2 amide bonds. The van der Waals surface area contributed by atoms with Crippen LogP contribution >= 0.6 is 11.8 Å². The number of rotatable bonds is 7. The zero-order valence-corrected chi connectivity index (χ0v) is 17.4. The molecule has 0 saturated heterocycles. The topological polar surface area (TPSA) is 130 Å². The van der Waals surface area contributed by atoms with Gasteiger partial charge in [-0.2, -0.15) is 0 Å². The summed E-state index contributed by atoms with van der Waals surface area (Å²) in [7, 11) is 0. The number of carbonyl (C=O) groups is 2. The Morgan fingerprint density at radius 3 is 2.39 bits per heavy atom. The van der Waals surface area contributed by atoms with Crippen molar-refractivity contribution in [3.8, 4) is 0 Å². The van der Waals surface area contributed by atoms with Crippen molar-refractivity contribution in [3.05, 3.63) is 75.8 Å². The highest BCUT2D eigenvalue weighted by Gasteiger charge is 2.15. The minimum atomic E-state index is -0.666. The van der Waals surface area contributed by atoms with E-state index in [0.717, 1.165) is 35.9 Å².